The van der Waals surface area contributed by atoms with Gasteiger partial charge >= 0.3 is 17.9 Å². The Hall–Kier alpha value is -2.89. The Kier molecular flexibility index (Phi) is 69.1. The molecule has 0 aromatic rings. The van der Waals surface area contributed by atoms with Crippen LogP contribution >= 0.6 is 0 Å². The lowest BCUT2D eigenvalue weighted by Gasteiger charge is -2.18. The molecule has 0 saturated heterocycles. The first-order valence-electron chi connectivity index (χ1n) is 36.8. The molecule has 0 saturated carbocycles. The SMILES string of the molecule is CCCC/C=C\CCCCCCCC(=O)OCC(COC(=O)CCCCCCCCCCCCCCCCCCCC/C=C\C/C=C\C/C=C\CCCCCCC)OC(=O)CCCCCCCCCCC/C=C\CCCCCCCCCC. The van der Waals surface area contributed by atoms with E-state index in [4.69, 9.17) is 14.2 Å². The van der Waals surface area contributed by atoms with E-state index in [1.54, 1.807) is 0 Å². The fourth-order valence-corrected chi connectivity index (χ4v) is 10.9. The Morgan fingerprint density at radius 2 is 0.446 bits per heavy atom. The average molecular weight is 1160 g/mol. The molecule has 0 bridgehead atoms. The second-order valence-electron chi connectivity index (χ2n) is 24.8. The molecular weight excluding hydrogens is 1020 g/mol. The van der Waals surface area contributed by atoms with Gasteiger partial charge in [-0.05, 0) is 103 Å². The van der Waals surface area contributed by atoms with Gasteiger partial charge in [0.2, 0.25) is 0 Å². The minimum absolute atomic E-state index is 0.0735. The standard InChI is InChI=1S/C77H140O6/c1-4-7-10-13-16-19-22-24-26-28-30-32-33-34-35-36-37-38-39-40-41-42-43-45-46-48-50-52-55-58-61-64-67-70-76(79)82-73-74(72-81-75(78)69-66-63-60-57-54-21-18-15-12-9-6-3)83-77(80)71-68-65-62-59-56-53-51-49-47-44-31-29-27-25-23-20-17-14-11-8-5-2/h15,18,22,24,28-31,33-34,74H,4-14,16-17,19-21,23,25-27,32,35-73H2,1-3H3/b18-15-,24-22-,30-28-,31-29-,34-33-. The second kappa shape index (κ2) is 71.6. The van der Waals surface area contributed by atoms with E-state index in [0.29, 0.717) is 19.3 Å². The molecule has 6 nitrogen and oxygen atoms in total. The largest absolute Gasteiger partial charge is 0.462 e. The molecule has 0 radical (unpaired) electrons. The smallest absolute Gasteiger partial charge is 0.306 e. The van der Waals surface area contributed by atoms with Gasteiger partial charge in [-0.25, -0.2) is 0 Å². The van der Waals surface area contributed by atoms with Gasteiger partial charge in [-0.15, -0.1) is 0 Å². The normalized spacial score (nSPS) is 12.4. The lowest BCUT2D eigenvalue weighted by atomic mass is 10.0. The molecule has 6 heteroatoms. The first-order valence-corrected chi connectivity index (χ1v) is 36.8. The third-order valence-corrected chi connectivity index (χ3v) is 16.5. The zero-order chi connectivity index (χ0) is 59.9. The van der Waals surface area contributed by atoms with E-state index in [9.17, 15) is 14.4 Å². The highest BCUT2D eigenvalue weighted by Gasteiger charge is 2.19. The van der Waals surface area contributed by atoms with Crippen molar-refractivity contribution in [2.45, 2.75) is 399 Å². The highest BCUT2D eigenvalue weighted by atomic mass is 16.6. The molecule has 83 heavy (non-hydrogen) atoms. The maximum Gasteiger partial charge on any atom is 0.306 e. The lowest BCUT2D eigenvalue weighted by Crippen LogP contribution is -2.30. The third kappa shape index (κ3) is 69.8. The van der Waals surface area contributed by atoms with Crippen molar-refractivity contribution in [3.05, 3.63) is 60.8 Å². The topological polar surface area (TPSA) is 78.9 Å². The van der Waals surface area contributed by atoms with E-state index in [1.165, 1.54) is 276 Å². The maximum absolute atomic E-state index is 12.9. The summed E-state index contributed by atoms with van der Waals surface area (Å²) in [6, 6.07) is 0. The molecule has 484 valence electrons. The molecule has 0 aliphatic rings. The molecule has 0 N–H and O–H groups in total. The van der Waals surface area contributed by atoms with E-state index in [0.717, 1.165) is 77.0 Å². The molecule has 0 fully saturated rings. The van der Waals surface area contributed by atoms with Crippen molar-refractivity contribution in [2.24, 2.45) is 0 Å². The van der Waals surface area contributed by atoms with Crippen molar-refractivity contribution in [1.29, 1.82) is 0 Å². The average Bonchev–Trinajstić information content (AvgIpc) is 3.48. The molecular formula is C77H140O6. The molecule has 0 spiro atoms. The van der Waals surface area contributed by atoms with Crippen LogP contribution in [0.25, 0.3) is 0 Å². The van der Waals surface area contributed by atoms with Gasteiger partial charge in [-0.2, -0.15) is 0 Å². The molecule has 0 aliphatic carbocycles. The molecule has 0 aromatic carbocycles. The summed E-state index contributed by atoms with van der Waals surface area (Å²) in [5, 5.41) is 0. The van der Waals surface area contributed by atoms with Gasteiger partial charge in [0.15, 0.2) is 6.10 Å². The van der Waals surface area contributed by atoms with Crippen LogP contribution in [0.2, 0.25) is 0 Å². The summed E-state index contributed by atoms with van der Waals surface area (Å²) in [6.45, 7) is 6.64. The number of esters is 3. The molecule has 0 amide bonds. The summed E-state index contributed by atoms with van der Waals surface area (Å²) in [4.78, 5) is 38.4. The monoisotopic (exact) mass is 1160 g/mol. The molecule has 0 aliphatic heterocycles. The van der Waals surface area contributed by atoms with E-state index >= 15 is 0 Å². The summed E-state index contributed by atoms with van der Waals surface area (Å²) in [7, 11) is 0. The molecule has 0 heterocycles. The summed E-state index contributed by atoms with van der Waals surface area (Å²) in [5.41, 5.74) is 0. The number of carbonyl (C=O) groups excluding carboxylic acids is 3. The molecule has 1 atom stereocenters. The first kappa shape index (κ1) is 80.1. The number of ether oxygens (including phenoxy) is 3. The first-order chi connectivity index (χ1) is 41.0. The van der Waals surface area contributed by atoms with Crippen LogP contribution in [0.15, 0.2) is 60.8 Å². The van der Waals surface area contributed by atoms with Crippen LogP contribution in [0.3, 0.4) is 0 Å². The number of hydrogen-bond donors (Lipinski definition) is 0. The summed E-state index contributed by atoms with van der Waals surface area (Å²) in [5.74, 6) is -0.863. The van der Waals surface area contributed by atoms with Gasteiger partial charge in [0.1, 0.15) is 13.2 Å². The van der Waals surface area contributed by atoms with Crippen molar-refractivity contribution in [1.82, 2.24) is 0 Å². The van der Waals surface area contributed by atoms with Gasteiger partial charge < -0.3 is 14.2 Å². The van der Waals surface area contributed by atoms with Crippen LogP contribution in [0, 0.1) is 0 Å². The van der Waals surface area contributed by atoms with Gasteiger partial charge in [0, 0.05) is 19.3 Å². The summed E-state index contributed by atoms with van der Waals surface area (Å²) < 4.78 is 17.0. The zero-order valence-corrected chi connectivity index (χ0v) is 55.7. The fourth-order valence-electron chi connectivity index (χ4n) is 10.9. The highest BCUT2D eigenvalue weighted by Crippen LogP contribution is 2.18. The predicted molar refractivity (Wildman–Crippen MR) is 362 cm³/mol. The van der Waals surface area contributed by atoms with Crippen molar-refractivity contribution in [3.63, 3.8) is 0 Å². The highest BCUT2D eigenvalue weighted by molar-refractivity contribution is 5.71. The van der Waals surface area contributed by atoms with Gasteiger partial charge in [0.05, 0.1) is 0 Å². The Bertz CT molecular complexity index is 1470. The van der Waals surface area contributed by atoms with Gasteiger partial charge in [-0.1, -0.05) is 332 Å². The zero-order valence-electron chi connectivity index (χ0n) is 55.7. The number of allylic oxidation sites excluding steroid dienone is 10. The third-order valence-electron chi connectivity index (χ3n) is 16.5. The Balaban J connectivity index is 4.12. The van der Waals surface area contributed by atoms with Crippen LogP contribution < -0.4 is 0 Å². The Labute approximate surface area is 517 Å². The summed E-state index contributed by atoms with van der Waals surface area (Å²) >= 11 is 0. The van der Waals surface area contributed by atoms with Crippen LogP contribution in [0.1, 0.15) is 393 Å². The second-order valence-corrected chi connectivity index (χ2v) is 24.8. The van der Waals surface area contributed by atoms with Crippen molar-refractivity contribution >= 4 is 17.9 Å². The van der Waals surface area contributed by atoms with Crippen molar-refractivity contribution in [2.75, 3.05) is 13.2 Å². The quantitative estimate of drug-likeness (QED) is 0.0261. The van der Waals surface area contributed by atoms with Crippen LogP contribution in [0.5, 0.6) is 0 Å². The Morgan fingerprint density at radius 3 is 0.723 bits per heavy atom. The van der Waals surface area contributed by atoms with E-state index in [2.05, 4.69) is 81.5 Å². The predicted octanol–water partition coefficient (Wildman–Crippen LogP) is 25.5. The minimum atomic E-state index is -0.778. The fraction of sp³-hybridized carbons (Fsp3) is 0.831. The Morgan fingerprint density at radius 1 is 0.241 bits per heavy atom. The number of hydrogen-bond acceptors (Lipinski definition) is 6. The maximum atomic E-state index is 12.9. The van der Waals surface area contributed by atoms with E-state index in [1.807, 2.05) is 0 Å². The number of carbonyl (C=O) groups is 3. The minimum Gasteiger partial charge on any atom is -0.462 e. The van der Waals surface area contributed by atoms with Crippen LogP contribution in [0.4, 0.5) is 0 Å². The molecule has 0 aromatic heterocycles. The van der Waals surface area contributed by atoms with Gasteiger partial charge in [0.25, 0.3) is 0 Å². The molecule has 1 unspecified atom stereocenters. The molecule has 0 rings (SSSR count). The van der Waals surface area contributed by atoms with E-state index in [-0.39, 0.29) is 31.1 Å². The van der Waals surface area contributed by atoms with E-state index < -0.39 is 6.10 Å². The summed E-state index contributed by atoms with van der Waals surface area (Å²) in [6.07, 6.45) is 92.7. The number of rotatable bonds is 68. The lowest BCUT2D eigenvalue weighted by molar-refractivity contribution is -0.167. The number of unbranched alkanes of at least 4 members (excludes halogenated alkanes) is 47. The van der Waals surface area contributed by atoms with Gasteiger partial charge in [-0.3, -0.25) is 14.4 Å². The van der Waals surface area contributed by atoms with Crippen molar-refractivity contribution in [3.8, 4) is 0 Å². The van der Waals surface area contributed by atoms with Crippen LogP contribution in [-0.4, -0.2) is 37.2 Å². The van der Waals surface area contributed by atoms with Crippen LogP contribution in [-0.2, 0) is 28.6 Å². The van der Waals surface area contributed by atoms with Crippen molar-refractivity contribution < 1.29 is 28.6 Å².